The van der Waals surface area contributed by atoms with Gasteiger partial charge in [-0.05, 0) is 62.4 Å². The molecule has 0 atom stereocenters. The molecule has 2 rings (SSSR count). The summed E-state index contributed by atoms with van der Waals surface area (Å²) in [6.45, 7) is 4.22. The van der Waals surface area contributed by atoms with Crippen LogP contribution in [0.25, 0.3) is 0 Å². The average molecular weight is 295 g/mol. The zero-order valence-corrected chi connectivity index (χ0v) is 13.1. The Bertz CT molecular complexity index is 502. The number of nitrogens with one attached hydrogen (secondary N) is 1. The lowest BCUT2D eigenvalue weighted by Crippen LogP contribution is -2.28. The molecule has 20 heavy (non-hydrogen) atoms. The molecule has 1 saturated heterocycles. The zero-order valence-electron chi connectivity index (χ0n) is 12.3. The fourth-order valence-corrected chi connectivity index (χ4v) is 4.16. The molecule has 0 saturated carbocycles. The van der Waals surface area contributed by atoms with E-state index in [9.17, 15) is 8.42 Å². The Hall–Kier alpha value is -0.870. The van der Waals surface area contributed by atoms with Gasteiger partial charge >= 0.3 is 0 Å². The smallest absolute Gasteiger partial charge is 0.178 e. The van der Waals surface area contributed by atoms with Crippen LogP contribution in [0.1, 0.15) is 38.2 Å². The number of unbranched alkanes of at least 4 members (excludes halogenated alkanes) is 1. The van der Waals surface area contributed by atoms with Gasteiger partial charge < -0.3 is 5.32 Å². The Morgan fingerprint density at radius 3 is 2.40 bits per heavy atom. The highest BCUT2D eigenvalue weighted by molar-refractivity contribution is 7.91. The van der Waals surface area contributed by atoms with Gasteiger partial charge in [-0.25, -0.2) is 8.42 Å². The van der Waals surface area contributed by atoms with Crippen LogP contribution in [0.5, 0.6) is 0 Å². The van der Waals surface area contributed by atoms with Crippen LogP contribution in [0.2, 0.25) is 0 Å². The van der Waals surface area contributed by atoms with Crippen LogP contribution in [0, 0.1) is 5.92 Å². The average Bonchev–Trinajstić information content (AvgIpc) is 2.47. The highest BCUT2D eigenvalue weighted by Crippen LogP contribution is 2.20. The molecule has 1 aromatic carbocycles. The highest BCUT2D eigenvalue weighted by Gasteiger charge is 2.16. The van der Waals surface area contributed by atoms with Gasteiger partial charge in [-0.3, -0.25) is 0 Å². The first-order chi connectivity index (χ1) is 9.62. The molecule has 4 heteroatoms. The number of benzene rings is 1. The number of rotatable bonds is 6. The fourth-order valence-electron chi connectivity index (χ4n) is 2.70. The van der Waals surface area contributed by atoms with Gasteiger partial charge in [0.1, 0.15) is 0 Å². The zero-order chi connectivity index (χ0) is 14.4. The summed E-state index contributed by atoms with van der Waals surface area (Å²) in [6, 6.07) is 7.53. The molecule has 0 spiro atoms. The molecule has 1 heterocycles. The summed E-state index contributed by atoms with van der Waals surface area (Å²) in [5.41, 5.74) is 1.26. The van der Waals surface area contributed by atoms with Crippen molar-refractivity contribution in [2.45, 2.75) is 43.9 Å². The molecule has 1 fully saturated rings. The van der Waals surface area contributed by atoms with E-state index < -0.39 is 9.84 Å². The van der Waals surface area contributed by atoms with E-state index in [4.69, 9.17) is 0 Å². The summed E-state index contributed by atoms with van der Waals surface area (Å²) in [7, 11) is -3.08. The molecule has 1 aliphatic heterocycles. The van der Waals surface area contributed by atoms with E-state index in [1.54, 1.807) is 12.1 Å². The van der Waals surface area contributed by atoms with E-state index in [2.05, 4.69) is 5.32 Å². The van der Waals surface area contributed by atoms with Gasteiger partial charge in [0.25, 0.3) is 0 Å². The van der Waals surface area contributed by atoms with Crippen molar-refractivity contribution in [1.29, 1.82) is 0 Å². The second-order valence-electron chi connectivity index (χ2n) is 5.71. The van der Waals surface area contributed by atoms with Crippen molar-refractivity contribution in [2.75, 3.05) is 18.8 Å². The van der Waals surface area contributed by atoms with Crippen LogP contribution >= 0.6 is 0 Å². The third kappa shape index (κ3) is 4.32. The standard InChI is InChI=1S/C16H25NO2S/c1-2-3-12-20(18,19)16-6-4-14(5-7-16)13-15-8-10-17-11-9-15/h4-7,15,17H,2-3,8-13H2,1H3. The van der Waals surface area contributed by atoms with Crippen LogP contribution in [-0.2, 0) is 16.3 Å². The lowest BCUT2D eigenvalue weighted by Gasteiger charge is -2.22. The van der Waals surface area contributed by atoms with E-state index in [0.29, 0.717) is 4.90 Å². The van der Waals surface area contributed by atoms with Gasteiger partial charge in [0.05, 0.1) is 10.6 Å². The summed E-state index contributed by atoms with van der Waals surface area (Å²) < 4.78 is 24.2. The Labute approximate surface area is 122 Å². The molecule has 0 aromatic heterocycles. The molecule has 1 aliphatic rings. The SMILES string of the molecule is CCCCS(=O)(=O)c1ccc(CC2CCNCC2)cc1. The maximum atomic E-state index is 12.1. The lowest BCUT2D eigenvalue weighted by atomic mass is 9.91. The predicted molar refractivity (Wildman–Crippen MR) is 82.7 cm³/mol. The monoisotopic (exact) mass is 295 g/mol. The number of hydrogen-bond acceptors (Lipinski definition) is 3. The molecule has 1 aromatic rings. The van der Waals surface area contributed by atoms with Crippen molar-refractivity contribution >= 4 is 9.84 Å². The minimum atomic E-state index is -3.08. The van der Waals surface area contributed by atoms with Crippen LogP contribution in [0.4, 0.5) is 0 Å². The molecule has 0 amide bonds. The van der Waals surface area contributed by atoms with Gasteiger partial charge in [0.2, 0.25) is 0 Å². The minimum Gasteiger partial charge on any atom is -0.317 e. The molecule has 0 bridgehead atoms. The van der Waals surface area contributed by atoms with Crippen molar-refractivity contribution in [3.05, 3.63) is 29.8 Å². The van der Waals surface area contributed by atoms with Gasteiger partial charge in [-0.15, -0.1) is 0 Å². The van der Waals surface area contributed by atoms with Gasteiger partial charge in [0.15, 0.2) is 9.84 Å². The van der Waals surface area contributed by atoms with Gasteiger partial charge in [-0.1, -0.05) is 25.5 Å². The van der Waals surface area contributed by atoms with Crippen LogP contribution in [0.3, 0.4) is 0 Å². The number of hydrogen-bond donors (Lipinski definition) is 1. The molecule has 0 aliphatic carbocycles. The molecule has 0 unspecified atom stereocenters. The van der Waals surface area contributed by atoms with Crippen molar-refractivity contribution in [1.82, 2.24) is 5.32 Å². The maximum Gasteiger partial charge on any atom is 0.178 e. The second-order valence-corrected chi connectivity index (χ2v) is 7.82. The normalized spacial score (nSPS) is 17.2. The lowest BCUT2D eigenvalue weighted by molar-refractivity contribution is 0.372. The Kier molecular flexibility index (Phi) is 5.61. The Balaban J connectivity index is 1.98. The second kappa shape index (κ2) is 7.23. The van der Waals surface area contributed by atoms with Crippen molar-refractivity contribution < 1.29 is 8.42 Å². The van der Waals surface area contributed by atoms with E-state index in [1.807, 2.05) is 19.1 Å². The first-order valence-electron chi connectivity index (χ1n) is 7.64. The van der Waals surface area contributed by atoms with Gasteiger partial charge in [0, 0.05) is 0 Å². The van der Waals surface area contributed by atoms with Crippen molar-refractivity contribution in [2.24, 2.45) is 5.92 Å². The van der Waals surface area contributed by atoms with Crippen molar-refractivity contribution in [3.63, 3.8) is 0 Å². The maximum absolute atomic E-state index is 12.1. The summed E-state index contributed by atoms with van der Waals surface area (Å²) in [5, 5.41) is 3.37. The molecule has 0 radical (unpaired) electrons. The van der Waals surface area contributed by atoms with Gasteiger partial charge in [-0.2, -0.15) is 0 Å². The molecular formula is C16H25NO2S. The van der Waals surface area contributed by atoms with Crippen molar-refractivity contribution in [3.8, 4) is 0 Å². The summed E-state index contributed by atoms with van der Waals surface area (Å²) in [5.74, 6) is 0.996. The number of piperidine rings is 1. The van der Waals surface area contributed by atoms with E-state index >= 15 is 0 Å². The summed E-state index contributed by atoms with van der Waals surface area (Å²) in [4.78, 5) is 0.472. The molecule has 112 valence electrons. The quantitative estimate of drug-likeness (QED) is 0.878. The highest BCUT2D eigenvalue weighted by atomic mass is 32.2. The van der Waals surface area contributed by atoms with Crippen LogP contribution < -0.4 is 5.32 Å². The molecule has 1 N–H and O–H groups in total. The predicted octanol–water partition coefficient (Wildman–Crippen LogP) is 2.80. The Morgan fingerprint density at radius 2 is 1.80 bits per heavy atom. The van der Waals surface area contributed by atoms with Crippen LogP contribution in [0.15, 0.2) is 29.2 Å². The third-order valence-corrected chi connectivity index (χ3v) is 5.85. The third-order valence-electron chi connectivity index (χ3n) is 4.03. The van der Waals surface area contributed by atoms with E-state index in [0.717, 1.165) is 38.3 Å². The topological polar surface area (TPSA) is 46.2 Å². The first kappa shape index (κ1) is 15.5. The Morgan fingerprint density at radius 1 is 1.15 bits per heavy atom. The fraction of sp³-hybridized carbons (Fsp3) is 0.625. The summed E-state index contributed by atoms with van der Waals surface area (Å²) >= 11 is 0. The largest absolute Gasteiger partial charge is 0.317 e. The number of sulfone groups is 1. The van der Waals surface area contributed by atoms with E-state index in [-0.39, 0.29) is 5.75 Å². The molecular weight excluding hydrogens is 270 g/mol. The minimum absolute atomic E-state index is 0.261. The molecule has 3 nitrogen and oxygen atoms in total. The van der Waals surface area contributed by atoms with E-state index in [1.165, 1.54) is 18.4 Å². The first-order valence-corrected chi connectivity index (χ1v) is 9.29. The van der Waals surface area contributed by atoms with Crippen LogP contribution in [-0.4, -0.2) is 27.3 Å². The summed E-state index contributed by atoms with van der Waals surface area (Å²) in [6.07, 6.45) is 5.15.